The molecule has 7 nitrogen and oxygen atoms in total. The third kappa shape index (κ3) is 1.94. The van der Waals surface area contributed by atoms with Crippen molar-refractivity contribution in [1.82, 2.24) is 25.0 Å². The summed E-state index contributed by atoms with van der Waals surface area (Å²) < 4.78 is 12.6. The Labute approximate surface area is 97.8 Å². The highest BCUT2D eigenvalue weighted by molar-refractivity contribution is 5.47. The Hall–Kier alpha value is -1.73. The van der Waals surface area contributed by atoms with Crippen LogP contribution in [0, 0.1) is 0 Å². The van der Waals surface area contributed by atoms with Crippen LogP contribution in [0.3, 0.4) is 0 Å². The van der Waals surface area contributed by atoms with E-state index in [1.807, 2.05) is 11.6 Å². The zero-order valence-electron chi connectivity index (χ0n) is 9.46. The van der Waals surface area contributed by atoms with Gasteiger partial charge in [-0.25, -0.2) is 4.98 Å². The van der Waals surface area contributed by atoms with E-state index in [4.69, 9.17) is 9.26 Å². The van der Waals surface area contributed by atoms with E-state index in [0.29, 0.717) is 24.9 Å². The molecule has 2 aromatic rings. The van der Waals surface area contributed by atoms with Gasteiger partial charge in [0.25, 0.3) is 5.89 Å². The van der Waals surface area contributed by atoms with Gasteiger partial charge in [-0.05, 0) is 0 Å². The Kier molecular flexibility index (Phi) is 2.62. The molecule has 1 fully saturated rings. The smallest absolute Gasteiger partial charge is 0.257 e. The van der Waals surface area contributed by atoms with E-state index >= 15 is 0 Å². The van der Waals surface area contributed by atoms with Crippen molar-refractivity contribution < 1.29 is 9.26 Å². The summed E-state index contributed by atoms with van der Waals surface area (Å²) in [6, 6.07) is 0. The maximum absolute atomic E-state index is 5.54. The highest BCUT2D eigenvalue weighted by Gasteiger charge is 2.23. The maximum atomic E-state index is 5.54. The second kappa shape index (κ2) is 4.27. The average molecular weight is 235 g/mol. The van der Waals surface area contributed by atoms with Crippen LogP contribution >= 0.6 is 0 Å². The van der Waals surface area contributed by atoms with Crippen molar-refractivity contribution in [3.8, 4) is 11.5 Å². The molecular formula is C10H13N5O2. The Balaban J connectivity index is 1.85. The molecule has 7 heteroatoms. The van der Waals surface area contributed by atoms with E-state index in [1.54, 1.807) is 12.5 Å². The number of hydrogen-bond donors (Lipinski definition) is 1. The molecule has 1 aliphatic rings. The van der Waals surface area contributed by atoms with Crippen LogP contribution in [0.4, 0.5) is 0 Å². The molecule has 0 bridgehead atoms. The molecule has 1 aliphatic heterocycles. The van der Waals surface area contributed by atoms with Gasteiger partial charge >= 0.3 is 0 Å². The molecule has 1 saturated heterocycles. The third-order valence-corrected chi connectivity index (χ3v) is 2.69. The Morgan fingerprint density at radius 3 is 3.18 bits per heavy atom. The van der Waals surface area contributed by atoms with E-state index < -0.39 is 0 Å². The van der Waals surface area contributed by atoms with Crippen LogP contribution in [0.25, 0.3) is 11.5 Å². The van der Waals surface area contributed by atoms with Gasteiger partial charge in [-0.2, -0.15) is 4.98 Å². The van der Waals surface area contributed by atoms with Crippen LogP contribution in [-0.2, 0) is 11.8 Å². The lowest BCUT2D eigenvalue weighted by Crippen LogP contribution is -2.33. The Morgan fingerprint density at radius 1 is 1.53 bits per heavy atom. The first-order valence-corrected chi connectivity index (χ1v) is 5.47. The van der Waals surface area contributed by atoms with Gasteiger partial charge in [0.15, 0.2) is 0 Å². The minimum absolute atomic E-state index is 0.154. The van der Waals surface area contributed by atoms with Crippen molar-refractivity contribution >= 4 is 0 Å². The first kappa shape index (κ1) is 10.4. The van der Waals surface area contributed by atoms with E-state index in [9.17, 15) is 0 Å². The summed E-state index contributed by atoms with van der Waals surface area (Å²) in [5.74, 6) is 1.04. The fourth-order valence-electron chi connectivity index (χ4n) is 1.77. The maximum Gasteiger partial charge on any atom is 0.257 e. The zero-order valence-corrected chi connectivity index (χ0v) is 9.46. The van der Waals surface area contributed by atoms with E-state index in [-0.39, 0.29) is 6.10 Å². The second-order valence-corrected chi connectivity index (χ2v) is 3.91. The molecule has 0 spiro atoms. The van der Waals surface area contributed by atoms with Gasteiger partial charge in [-0.1, -0.05) is 5.16 Å². The molecule has 3 rings (SSSR count). The van der Waals surface area contributed by atoms with Gasteiger partial charge < -0.3 is 19.1 Å². The molecular weight excluding hydrogens is 222 g/mol. The fourth-order valence-corrected chi connectivity index (χ4v) is 1.77. The van der Waals surface area contributed by atoms with Gasteiger partial charge in [0.1, 0.15) is 11.8 Å². The van der Waals surface area contributed by atoms with Crippen LogP contribution in [0.1, 0.15) is 12.0 Å². The summed E-state index contributed by atoms with van der Waals surface area (Å²) in [5, 5.41) is 7.16. The summed E-state index contributed by atoms with van der Waals surface area (Å²) in [6.45, 7) is 2.22. The van der Waals surface area contributed by atoms with Gasteiger partial charge in [0, 0.05) is 20.1 Å². The molecule has 0 aromatic carbocycles. The zero-order chi connectivity index (χ0) is 11.7. The average Bonchev–Trinajstić information content (AvgIpc) is 2.98. The van der Waals surface area contributed by atoms with E-state index in [1.165, 1.54) is 0 Å². The highest BCUT2D eigenvalue weighted by Crippen LogP contribution is 2.20. The van der Waals surface area contributed by atoms with Crippen molar-refractivity contribution in [3.05, 3.63) is 18.4 Å². The predicted octanol–water partition coefficient (Wildman–Crippen LogP) is 0.131. The number of ether oxygens (including phenoxy) is 1. The molecule has 1 N–H and O–H groups in total. The molecule has 1 atom stereocenters. The first-order valence-electron chi connectivity index (χ1n) is 5.47. The van der Waals surface area contributed by atoms with Crippen LogP contribution in [-0.4, -0.2) is 39.4 Å². The number of rotatable bonds is 2. The number of aromatic nitrogens is 4. The summed E-state index contributed by atoms with van der Waals surface area (Å²) in [4.78, 5) is 8.35. The molecule has 0 radical (unpaired) electrons. The predicted molar refractivity (Wildman–Crippen MR) is 58.1 cm³/mol. The van der Waals surface area contributed by atoms with Gasteiger partial charge in [-0.15, -0.1) is 0 Å². The molecule has 0 amide bonds. The molecule has 0 saturated carbocycles. The van der Waals surface area contributed by atoms with Crippen molar-refractivity contribution in [3.63, 3.8) is 0 Å². The van der Waals surface area contributed by atoms with Crippen LogP contribution in [0.5, 0.6) is 0 Å². The normalized spacial score (nSPS) is 20.6. The second-order valence-electron chi connectivity index (χ2n) is 3.91. The number of nitrogens with one attached hydrogen (secondary N) is 1. The molecule has 2 aromatic heterocycles. The van der Waals surface area contributed by atoms with Crippen molar-refractivity contribution in [2.75, 3.05) is 19.7 Å². The summed E-state index contributed by atoms with van der Waals surface area (Å²) in [5.41, 5.74) is 0.823. The first-order chi connectivity index (χ1) is 8.34. The highest BCUT2D eigenvalue weighted by atomic mass is 16.5. The number of hydrogen-bond acceptors (Lipinski definition) is 6. The van der Waals surface area contributed by atoms with Crippen LogP contribution in [0.15, 0.2) is 17.0 Å². The number of aryl methyl sites for hydroxylation is 1. The van der Waals surface area contributed by atoms with Gasteiger partial charge in [0.2, 0.25) is 5.82 Å². The summed E-state index contributed by atoms with van der Waals surface area (Å²) in [7, 11) is 1.89. The van der Waals surface area contributed by atoms with Crippen LogP contribution in [0.2, 0.25) is 0 Å². The van der Waals surface area contributed by atoms with Crippen molar-refractivity contribution in [1.29, 1.82) is 0 Å². The molecule has 0 aliphatic carbocycles. The Bertz CT molecular complexity index is 500. The lowest BCUT2D eigenvalue weighted by Gasteiger charge is -2.19. The van der Waals surface area contributed by atoms with Gasteiger partial charge in [0.05, 0.1) is 19.1 Å². The standard InChI is InChI=1S/C10H13N5O2/c1-15-6-12-4-7(15)9-13-10(17-14-9)8-5-11-2-3-16-8/h4,6,8,11H,2-3,5H2,1H3. The minimum Gasteiger partial charge on any atom is -0.366 e. The third-order valence-electron chi connectivity index (χ3n) is 2.69. The fraction of sp³-hybridized carbons (Fsp3) is 0.500. The number of morpholine rings is 1. The van der Waals surface area contributed by atoms with E-state index in [0.717, 1.165) is 12.2 Å². The SMILES string of the molecule is Cn1cncc1-c1noc(C2CNCCO2)n1. The summed E-state index contributed by atoms with van der Waals surface area (Å²) in [6.07, 6.45) is 3.25. The summed E-state index contributed by atoms with van der Waals surface area (Å²) >= 11 is 0. The molecule has 17 heavy (non-hydrogen) atoms. The Morgan fingerprint density at radius 2 is 2.47 bits per heavy atom. The number of nitrogens with zero attached hydrogens (tertiary/aromatic N) is 4. The lowest BCUT2D eigenvalue weighted by molar-refractivity contribution is 0.00755. The lowest BCUT2D eigenvalue weighted by atomic mass is 10.3. The molecule has 90 valence electrons. The van der Waals surface area contributed by atoms with Crippen LogP contribution < -0.4 is 5.32 Å². The van der Waals surface area contributed by atoms with Gasteiger partial charge in [-0.3, -0.25) is 0 Å². The van der Waals surface area contributed by atoms with E-state index in [2.05, 4.69) is 20.4 Å². The minimum atomic E-state index is -0.154. The van der Waals surface area contributed by atoms with Crippen molar-refractivity contribution in [2.24, 2.45) is 7.05 Å². The topological polar surface area (TPSA) is 78.0 Å². The molecule has 3 heterocycles. The monoisotopic (exact) mass is 235 g/mol. The quantitative estimate of drug-likeness (QED) is 0.797. The largest absolute Gasteiger partial charge is 0.366 e. The molecule has 1 unspecified atom stereocenters. The van der Waals surface area contributed by atoms with Crippen molar-refractivity contribution in [2.45, 2.75) is 6.10 Å². The number of imidazole rings is 1.